The number of aromatic nitrogens is 4. The van der Waals surface area contributed by atoms with Gasteiger partial charge in [0.1, 0.15) is 11.8 Å². The van der Waals surface area contributed by atoms with Crippen LogP contribution < -0.4 is 10.1 Å². The van der Waals surface area contributed by atoms with Crippen LogP contribution in [0.3, 0.4) is 0 Å². The summed E-state index contributed by atoms with van der Waals surface area (Å²) < 4.78 is 18.0. The number of nitrogens with zero attached hydrogens (tertiary/aromatic N) is 5. The summed E-state index contributed by atoms with van der Waals surface area (Å²) in [5, 5.41) is 17.0. The molecule has 37 heavy (non-hydrogen) atoms. The van der Waals surface area contributed by atoms with E-state index in [4.69, 9.17) is 14.2 Å². The van der Waals surface area contributed by atoms with E-state index in [1.807, 2.05) is 12.1 Å². The summed E-state index contributed by atoms with van der Waals surface area (Å²) in [4.78, 5) is 21.0. The van der Waals surface area contributed by atoms with Gasteiger partial charge in [0.05, 0.1) is 36.8 Å². The minimum Gasteiger partial charge on any atom is -0.478 e. The second-order valence-corrected chi connectivity index (χ2v) is 8.23. The van der Waals surface area contributed by atoms with Gasteiger partial charge in [0.15, 0.2) is 6.29 Å². The van der Waals surface area contributed by atoms with Crippen molar-refractivity contribution in [2.75, 3.05) is 25.1 Å². The molecule has 1 aliphatic rings. The van der Waals surface area contributed by atoms with E-state index in [1.165, 1.54) is 6.20 Å². The first-order valence-electron chi connectivity index (χ1n) is 11.8. The van der Waals surface area contributed by atoms with E-state index in [9.17, 15) is 10.1 Å². The Morgan fingerprint density at radius 3 is 2.68 bits per heavy atom. The van der Waals surface area contributed by atoms with Crippen LogP contribution in [-0.4, -0.2) is 51.8 Å². The van der Waals surface area contributed by atoms with Crippen molar-refractivity contribution in [2.45, 2.75) is 19.1 Å². The van der Waals surface area contributed by atoms with Gasteiger partial charge in [0.25, 0.3) is 5.91 Å². The number of carbonyl (C=O) groups is 1. The molecule has 3 aromatic heterocycles. The second kappa shape index (κ2) is 11.4. The molecule has 0 aliphatic carbocycles. The lowest BCUT2D eigenvalue weighted by molar-refractivity contribution is -0.0493. The lowest BCUT2D eigenvalue weighted by Gasteiger charge is -2.10. The van der Waals surface area contributed by atoms with Crippen LogP contribution in [0.25, 0.3) is 16.9 Å². The molecule has 4 heterocycles. The minimum absolute atomic E-state index is 0.144. The fourth-order valence-electron chi connectivity index (χ4n) is 3.80. The maximum Gasteiger partial charge on any atom is 0.257 e. The summed E-state index contributed by atoms with van der Waals surface area (Å²) in [7, 11) is 0. The van der Waals surface area contributed by atoms with Gasteiger partial charge in [-0.1, -0.05) is 0 Å². The zero-order chi connectivity index (χ0) is 25.5. The van der Waals surface area contributed by atoms with Crippen LogP contribution in [0, 0.1) is 11.3 Å². The number of hydrogen-bond donors (Lipinski definition) is 1. The Bertz CT molecular complexity index is 1380. The van der Waals surface area contributed by atoms with Crippen LogP contribution in [0.5, 0.6) is 5.88 Å². The molecule has 1 fully saturated rings. The van der Waals surface area contributed by atoms with Crippen molar-refractivity contribution < 1.29 is 19.0 Å². The number of ether oxygens (including phenoxy) is 3. The molecule has 0 radical (unpaired) electrons. The molecule has 4 aromatic rings. The number of nitrogens with one attached hydrogen (secondary N) is 1. The molecule has 1 aliphatic heterocycles. The molecule has 1 aromatic carbocycles. The van der Waals surface area contributed by atoms with Gasteiger partial charge in [-0.25, -0.2) is 9.67 Å². The predicted molar refractivity (Wildman–Crippen MR) is 134 cm³/mol. The van der Waals surface area contributed by atoms with Crippen LogP contribution in [0.2, 0.25) is 0 Å². The van der Waals surface area contributed by atoms with Crippen LogP contribution >= 0.6 is 0 Å². The zero-order valence-electron chi connectivity index (χ0n) is 19.9. The summed E-state index contributed by atoms with van der Waals surface area (Å²) in [6.07, 6.45) is 6.26. The molecule has 186 valence electrons. The number of benzene rings is 1. The van der Waals surface area contributed by atoms with E-state index < -0.39 is 0 Å². The maximum absolute atomic E-state index is 12.7. The van der Waals surface area contributed by atoms with Gasteiger partial charge in [-0.3, -0.25) is 9.78 Å². The fraction of sp³-hybridized carbons (Fsp3) is 0.222. The van der Waals surface area contributed by atoms with E-state index >= 15 is 0 Å². The highest BCUT2D eigenvalue weighted by atomic mass is 16.7. The molecule has 0 spiro atoms. The topological polar surface area (TPSA) is 124 Å². The first-order chi connectivity index (χ1) is 18.2. The van der Waals surface area contributed by atoms with Crippen LogP contribution in [0.1, 0.15) is 28.9 Å². The Labute approximate surface area is 213 Å². The van der Waals surface area contributed by atoms with Crippen molar-refractivity contribution in [2.24, 2.45) is 0 Å². The third-order valence-corrected chi connectivity index (χ3v) is 5.67. The largest absolute Gasteiger partial charge is 0.478 e. The monoisotopic (exact) mass is 496 g/mol. The van der Waals surface area contributed by atoms with Gasteiger partial charge >= 0.3 is 0 Å². The summed E-state index contributed by atoms with van der Waals surface area (Å²) >= 11 is 0. The lowest BCUT2D eigenvalue weighted by Crippen LogP contribution is -2.13. The Balaban J connectivity index is 1.17. The van der Waals surface area contributed by atoms with Crippen molar-refractivity contribution in [1.29, 1.82) is 5.26 Å². The Morgan fingerprint density at radius 1 is 1.14 bits per heavy atom. The fourth-order valence-corrected chi connectivity index (χ4v) is 3.80. The van der Waals surface area contributed by atoms with E-state index in [2.05, 4.69) is 26.5 Å². The first-order valence-corrected chi connectivity index (χ1v) is 11.8. The van der Waals surface area contributed by atoms with E-state index in [0.717, 1.165) is 18.4 Å². The van der Waals surface area contributed by atoms with Gasteiger partial charge in [0.2, 0.25) is 5.88 Å². The Kier molecular flexibility index (Phi) is 7.45. The number of rotatable bonds is 9. The summed E-state index contributed by atoms with van der Waals surface area (Å²) in [6, 6.07) is 18.0. The Morgan fingerprint density at radius 2 is 1.97 bits per heavy atom. The predicted octanol–water partition coefficient (Wildman–Crippen LogP) is 3.99. The molecule has 1 amide bonds. The minimum atomic E-state index is -0.294. The van der Waals surface area contributed by atoms with Crippen molar-refractivity contribution >= 4 is 11.6 Å². The third-order valence-electron chi connectivity index (χ3n) is 5.67. The van der Waals surface area contributed by atoms with E-state index in [-0.39, 0.29) is 12.2 Å². The standard InChI is InChI=1S/C27H24N6O4/c28-16-23-15-24(19-3-1-11-29-17-19)32-33(23)22-8-6-21(7-9-22)31-27(34)20-5-10-25(30-18-20)35-12-2-4-26-36-13-14-37-26/h1,3,5-11,15,17-18,26H,2,4,12-14H2,(H,31,34). The SMILES string of the molecule is N#Cc1cc(-c2cccnc2)nn1-c1ccc(NC(=O)c2ccc(OCCCC3OCCO3)nc2)cc1. The van der Waals surface area contributed by atoms with Crippen LogP contribution in [0.4, 0.5) is 5.69 Å². The third kappa shape index (κ3) is 5.98. The first kappa shape index (κ1) is 24.1. The highest BCUT2D eigenvalue weighted by Crippen LogP contribution is 2.22. The van der Waals surface area contributed by atoms with Crippen molar-refractivity contribution in [1.82, 2.24) is 19.7 Å². The molecule has 10 nitrogen and oxygen atoms in total. The molecule has 1 N–H and O–H groups in total. The molecular weight excluding hydrogens is 472 g/mol. The van der Waals surface area contributed by atoms with Crippen molar-refractivity contribution in [3.8, 4) is 28.9 Å². The van der Waals surface area contributed by atoms with E-state index in [1.54, 1.807) is 59.5 Å². The highest BCUT2D eigenvalue weighted by molar-refractivity contribution is 6.04. The molecular formula is C27H24N6O4. The Hall–Kier alpha value is -4.59. The van der Waals surface area contributed by atoms with Gasteiger partial charge in [0, 0.05) is 48.4 Å². The van der Waals surface area contributed by atoms with Crippen molar-refractivity contribution in [3.63, 3.8) is 0 Å². The molecule has 10 heteroatoms. The van der Waals surface area contributed by atoms with E-state index in [0.29, 0.717) is 54.0 Å². The van der Waals surface area contributed by atoms with Crippen LogP contribution in [0.15, 0.2) is 73.2 Å². The number of amides is 1. The molecule has 1 saturated heterocycles. The van der Waals surface area contributed by atoms with Gasteiger partial charge in [-0.05, 0) is 48.9 Å². The average molecular weight is 497 g/mol. The number of pyridine rings is 2. The highest BCUT2D eigenvalue weighted by Gasteiger charge is 2.15. The smallest absolute Gasteiger partial charge is 0.257 e. The second-order valence-electron chi connectivity index (χ2n) is 8.23. The summed E-state index contributed by atoms with van der Waals surface area (Å²) in [5.41, 5.74) is 3.56. The summed E-state index contributed by atoms with van der Waals surface area (Å²) in [5.74, 6) is 0.158. The van der Waals surface area contributed by atoms with Crippen molar-refractivity contribution in [3.05, 3.63) is 84.4 Å². The zero-order valence-corrected chi connectivity index (χ0v) is 19.9. The summed E-state index contributed by atoms with van der Waals surface area (Å²) in [6.45, 7) is 1.77. The quantitative estimate of drug-likeness (QED) is 0.345. The van der Waals surface area contributed by atoms with Gasteiger partial charge < -0.3 is 19.5 Å². The normalized spacial score (nSPS) is 13.3. The van der Waals surface area contributed by atoms with Gasteiger partial charge in [-0.15, -0.1) is 0 Å². The lowest BCUT2D eigenvalue weighted by atomic mass is 10.2. The average Bonchev–Trinajstić information content (AvgIpc) is 3.63. The molecule has 0 atom stereocenters. The number of anilines is 1. The van der Waals surface area contributed by atoms with Crippen LogP contribution in [-0.2, 0) is 9.47 Å². The van der Waals surface area contributed by atoms with Gasteiger partial charge in [-0.2, -0.15) is 10.4 Å². The number of carbonyl (C=O) groups excluding carboxylic acids is 1. The molecule has 0 bridgehead atoms. The number of hydrogen-bond acceptors (Lipinski definition) is 8. The number of nitriles is 1. The molecule has 5 rings (SSSR count). The maximum atomic E-state index is 12.7. The molecule has 0 saturated carbocycles. The molecule has 0 unspecified atom stereocenters.